The second kappa shape index (κ2) is 5.60. The zero-order chi connectivity index (χ0) is 13.8. The molecule has 1 heterocycles. The van der Waals surface area contributed by atoms with Crippen LogP contribution in [0.5, 0.6) is 6.01 Å². The van der Waals surface area contributed by atoms with Crippen molar-refractivity contribution >= 4 is 5.95 Å². The third kappa shape index (κ3) is 3.15. The number of anilines is 1. The number of nitrogen functional groups attached to an aromatic ring is 1. The lowest BCUT2D eigenvalue weighted by Gasteiger charge is -2.06. The SMILES string of the molecule is CCCOc1nc(N)nc(-c2ccc(C)c(F)c2)n1. The van der Waals surface area contributed by atoms with Crippen LogP contribution < -0.4 is 10.5 Å². The first-order valence-corrected chi connectivity index (χ1v) is 6.01. The Morgan fingerprint density at radius 3 is 2.74 bits per heavy atom. The van der Waals surface area contributed by atoms with E-state index in [1.54, 1.807) is 19.1 Å². The Bertz CT molecular complexity index is 589. The van der Waals surface area contributed by atoms with Gasteiger partial charge in [-0.15, -0.1) is 0 Å². The topological polar surface area (TPSA) is 73.9 Å². The first kappa shape index (κ1) is 13.2. The van der Waals surface area contributed by atoms with Crippen molar-refractivity contribution in [3.05, 3.63) is 29.6 Å². The molecule has 0 atom stereocenters. The van der Waals surface area contributed by atoms with Crippen LogP contribution in [0.4, 0.5) is 10.3 Å². The summed E-state index contributed by atoms with van der Waals surface area (Å²) in [6.45, 7) is 4.16. The van der Waals surface area contributed by atoms with Crippen LogP contribution in [-0.4, -0.2) is 21.6 Å². The third-order valence-electron chi connectivity index (χ3n) is 2.50. The Labute approximate surface area is 110 Å². The van der Waals surface area contributed by atoms with E-state index in [2.05, 4.69) is 15.0 Å². The van der Waals surface area contributed by atoms with Crippen molar-refractivity contribution in [3.63, 3.8) is 0 Å². The Kier molecular flexibility index (Phi) is 3.89. The molecule has 0 aliphatic heterocycles. The maximum atomic E-state index is 13.5. The molecule has 0 bridgehead atoms. The summed E-state index contributed by atoms with van der Waals surface area (Å²) in [6.07, 6.45) is 0.833. The standard InChI is InChI=1S/C13H15FN4O/c1-3-6-19-13-17-11(16-12(15)18-13)9-5-4-8(2)10(14)7-9/h4-5,7H,3,6H2,1-2H3,(H2,15,16,17,18). The van der Waals surface area contributed by atoms with Crippen LogP contribution in [0.1, 0.15) is 18.9 Å². The average molecular weight is 262 g/mol. The quantitative estimate of drug-likeness (QED) is 0.915. The monoisotopic (exact) mass is 262 g/mol. The zero-order valence-corrected chi connectivity index (χ0v) is 10.9. The molecule has 0 saturated carbocycles. The number of nitrogens with two attached hydrogens (primary N) is 1. The number of hydrogen-bond donors (Lipinski definition) is 1. The average Bonchev–Trinajstić information content (AvgIpc) is 2.39. The fraction of sp³-hybridized carbons (Fsp3) is 0.308. The lowest BCUT2D eigenvalue weighted by Crippen LogP contribution is -2.05. The highest BCUT2D eigenvalue weighted by Gasteiger charge is 2.09. The minimum atomic E-state index is -0.312. The van der Waals surface area contributed by atoms with Gasteiger partial charge < -0.3 is 10.5 Å². The second-order valence-electron chi connectivity index (χ2n) is 4.11. The van der Waals surface area contributed by atoms with E-state index < -0.39 is 0 Å². The molecule has 0 aliphatic carbocycles. The molecule has 0 amide bonds. The molecular weight excluding hydrogens is 247 g/mol. The van der Waals surface area contributed by atoms with Crippen LogP contribution in [0.25, 0.3) is 11.4 Å². The number of aromatic nitrogens is 3. The molecule has 0 fully saturated rings. The van der Waals surface area contributed by atoms with Crippen LogP contribution >= 0.6 is 0 Å². The number of hydrogen-bond acceptors (Lipinski definition) is 5. The van der Waals surface area contributed by atoms with Gasteiger partial charge in [-0.25, -0.2) is 4.39 Å². The van der Waals surface area contributed by atoms with Crippen molar-refractivity contribution in [2.45, 2.75) is 20.3 Å². The Morgan fingerprint density at radius 1 is 1.26 bits per heavy atom. The normalized spacial score (nSPS) is 10.5. The molecule has 2 rings (SSSR count). The van der Waals surface area contributed by atoms with Crippen LogP contribution in [0, 0.1) is 12.7 Å². The van der Waals surface area contributed by atoms with E-state index in [9.17, 15) is 4.39 Å². The number of aryl methyl sites for hydroxylation is 1. The van der Waals surface area contributed by atoms with Gasteiger partial charge in [-0.3, -0.25) is 0 Å². The number of nitrogens with zero attached hydrogens (tertiary/aromatic N) is 3. The molecule has 100 valence electrons. The maximum Gasteiger partial charge on any atom is 0.321 e. The van der Waals surface area contributed by atoms with Crippen molar-refractivity contribution in [1.82, 2.24) is 15.0 Å². The molecule has 0 spiro atoms. The molecule has 6 heteroatoms. The maximum absolute atomic E-state index is 13.5. The smallest absolute Gasteiger partial charge is 0.321 e. The second-order valence-corrected chi connectivity index (χ2v) is 4.11. The predicted octanol–water partition coefficient (Wildman–Crippen LogP) is 2.36. The van der Waals surface area contributed by atoms with E-state index in [0.717, 1.165) is 6.42 Å². The molecular formula is C13H15FN4O. The fourth-order valence-corrected chi connectivity index (χ4v) is 1.49. The van der Waals surface area contributed by atoms with Crippen LogP contribution in [-0.2, 0) is 0 Å². The van der Waals surface area contributed by atoms with Crippen molar-refractivity contribution in [3.8, 4) is 17.4 Å². The minimum absolute atomic E-state index is 0.0529. The molecule has 1 aromatic heterocycles. The molecule has 0 saturated heterocycles. The van der Waals surface area contributed by atoms with Gasteiger partial charge in [-0.2, -0.15) is 15.0 Å². The Morgan fingerprint density at radius 2 is 2.05 bits per heavy atom. The lowest BCUT2D eigenvalue weighted by molar-refractivity contribution is 0.292. The summed E-state index contributed by atoms with van der Waals surface area (Å²) in [7, 11) is 0. The van der Waals surface area contributed by atoms with Crippen molar-refractivity contribution in [2.24, 2.45) is 0 Å². The summed E-state index contributed by atoms with van der Waals surface area (Å²) in [6, 6.07) is 4.92. The zero-order valence-electron chi connectivity index (χ0n) is 10.9. The van der Waals surface area contributed by atoms with Gasteiger partial charge >= 0.3 is 6.01 Å². The molecule has 1 aromatic carbocycles. The van der Waals surface area contributed by atoms with Crippen molar-refractivity contribution in [1.29, 1.82) is 0 Å². The highest BCUT2D eigenvalue weighted by molar-refractivity contribution is 5.56. The number of rotatable bonds is 4. The summed E-state index contributed by atoms with van der Waals surface area (Å²) < 4.78 is 18.9. The summed E-state index contributed by atoms with van der Waals surface area (Å²) in [5.74, 6) is 0.0436. The van der Waals surface area contributed by atoms with Crippen LogP contribution in [0.15, 0.2) is 18.2 Å². The van der Waals surface area contributed by atoms with Gasteiger partial charge in [0, 0.05) is 5.56 Å². The number of benzene rings is 1. The van der Waals surface area contributed by atoms with Gasteiger partial charge in [0.2, 0.25) is 5.95 Å². The van der Waals surface area contributed by atoms with Gasteiger partial charge in [0.1, 0.15) is 5.82 Å². The predicted molar refractivity (Wildman–Crippen MR) is 70.2 cm³/mol. The van der Waals surface area contributed by atoms with E-state index >= 15 is 0 Å². The van der Waals surface area contributed by atoms with E-state index in [1.807, 2.05) is 6.92 Å². The van der Waals surface area contributed by atoms with Crippen molar-refractivity contribution in [2.75, 3.05) is 12.3 Å². The van der Waals surface area contributed by atoms with E-state index in [4.69, 9.17) is 10.5 Å². The molecule has 5 nitrogen and oxygen atoms in total. The highest BCUT2D eigenvalue weighted by atomic mass is 19.1. The molecule has 2 N–H and O–H groups in total. The van der Waals surface area contributed by atoms with E-state index in [-0.39, 0.29) is 17.8 Å². The van der Waals surface area contributed by atoms with Gasteiger partial charge in [-0.1, -0.05) is 19.1 Å². The summed E-state index contributed by atoms with van der Waals surface area (Å²) in [5, 5.41) is 0. The van der Waals surface area contributed by atoms with Gasteiger partial charge in [0.15, 0.2) is 5.82 Å². The summed E-state index contributed by atoms with van der Waals surface area (Å²) in [5.41, 5.74) is 6.70. The van der Waals surface area contributed by atoms with Gasteiger partial charge in [0.25, 0.3) is 0 Å². The van der Waals surface area contributed by atoms with E-state index in [0.29, 0.717) is 23.6 Å². The first-order chi connectivity index (χ1) is 9.10. The molecule has 19 heavy (non-hydrogen) atoms. The first-order valence-electron chi connectivity index (χ1n) is 6.01. The molecule has 0 aliphatic rings. The summed E-state index contributed by atoms with van der Waals surface area (Å²) in [4.78, 5) is 12.0. The van der Waals surface area contributed by atoms with Gasteiger partial charge in [-0.05, 0) is 25.0 Å². The van der Waals surface area contributed by atoms with Crippen LogP contribution in [0.3, 0.4) is 0 Å². The number of halogens is 1. The lowest BCUT2D eigenvalue weighted by atomic mass is 10.1. The highest BCUT2D eigenvalue weighted by Crippen LogP contribution is 2.20. The van der Waals surface area contributed by atoms with Crippen LogP contribution in [0.2, 0.25) is 0 Å². The van der Waals surface area contributed by atoms with Gasteiger partial charge in [0.05, 0.1) is 6.61 Å². The van der Waals surface area contributed by atoms with E-state index in [1.165, 1.54) is 6.07 Å². The van der Waals surface area contributed by atoms with Crippen molar-refractivity contribution < 1.29 is 9.13 Å². The largest absolute Gasteiger partial charge is 0.463 e. The Hall–Kier alpha value is -2.24. The summed E-state index contributed by atoms with van der Waals surface area (Å²) >= 11 is 0. The fourth-order valence-electron chi connectivity index (χ4n) is 1.49. The Balaban J connectivity index is 2.37. The molecule has 0 radical (unpaired) electrons. The minimum Gasteiger partial charge on any atom is -0.463 e. The molecule has 0 unspecified atom stereocenters. The third-order valence-corrected chi connectivity index (χ3v) is 2.50. The molecule has 2 aromatic rings. The number of ether oxygens (including phenoxy) is 1.